The molecule has 1 aliphatic heterocycles. The fourth-order valence-corrected chi connectivity index (χ4v) is 2.06. The molecule has 0 bridgehead atoms. The number of hydrogen-bond acceptors (Lipinski definition) is 4. The van der Waals surface area contributed by atoms with Gasteiger partial charge in [0.1, 0.15) is 5.54 Å². The third-order valence-corrected chi connectivity index (χ3v) is 3.31. The van der Waals surface area contributed by atoms with Gasteiger partial charge in [-0.2, -0.15) is 0 Å². The van der Waals surface area contributed by atoms with E-state index in [1.165, 1.54) is 0 Å². The molecule has 1 rings (SSSR count). The first-order valence-corrected chi connectivity index (χ1v) is 6.13. The van der Waals surface area contributed by atoms with Crippen molar-refractivity contribution >= 4 is 5.97 Å². The summed E-state index contributed by atoms with van der Waals surface area (Å²) in [4.78, 5) is 12.1. The third kappa shape index (κ3) is 2.55. The Bertz CT molecular complexity index is 244. The van der Waals surface area contributed by atoms with Crippen molar-refractivity contribution in [3.05, 3.63) is 0 Å². The first-order chi connectivity index (χ1) is 7.56. The Balaban J connectivity index is 2.80. The average Bonchev–Trinajstić information content (AvgIpc) is 2.61. The number of nitrogens with one attached hydrogen (secondary N) is 1. The van der Waals surface area contributed by atoms with Crippen molar-refractivity contribution in [3.63, 3.8) is 0 Å². The maximum atomic E-state index is 12.1. The highest BCUT2D eigenvalue weighted by Crippen LogP contribution is 2.28. The van der Waals surface area contributed by atoms with Crippen molar-refractivity contribution in [2.75, 3.05) is 13.2 Å². The number of ether oxygens (including phenoxy) is 2. The molecule has 0 amide bonds. The van der Waals surface area contributed by atoms with Gasteiger partial charge in [0, 0.05) is 19.1 Å². The standard InChI is InChI=1S/C12H23NO3/c1-5-9(3)13-12(11(14)15-6-2)7-8-16-10(12)4/h9-10,13H,5-8H2,1-4H3. The van der Waals surface area contributed by atoms with Crippen LogP contribution in [0.3, 0.4) is 0 Å². The zero-order valence-electron chi connectivity index (χ0n) is 10.7. The van der Waals surface area contributed by atoms with Gasteiger partial charge in [0.05, 0.1) is 12.7 Å². The highest BCUT2D eigenvalue weighted by Gasteiger charge is 2.49. The van der Waals surface area contributed by atoms with E-state index in [-0.39, 0.29) is 18.1 Å². The summed E-state index contributed by atoms with van der Waals surface area (Å²) in [6.45, 7) is 8.95. The fourth-order valence-electron chi connectivity index (χ4n) is 2.06. The molecule has 0 aromatic rings. The van der Waals surface area contributed by atoms with Gasteiger partial charge >= 0.3 is 5.97 Å². The van der Waals surface area contributed by atoms with E-state index < -0.39 is 5.54 Å². The Hall–Kier alpha value is -0.610. The van der Waals surface area contributed by atoms with Gasteiger partial charge in [0.15, 0.2) is 0 Å². The van der Waals surface area contributed by atoms with E-state index in [1.807, 2.05) is 13.8 Å². The molecule has 4 nitrogen and oxygen atoms in total. The number of rotatable bonds is 5. The van der Waals surface area contributed by atoms with E-state index in [4.69, 9.17) is 9.47 Å². The van der Waals surface area contributed by atoms with Crippen LogP contribution in [-0.4, -0.2) is 36.9 Å². The molecule has 16 heavy (non-hydrogen) atoms. The van der Waals surface area contributed by atoms with E-state index in [0.29, 0.717) is 19.6 Å². The van der Waals surface area contributed by atoms with Gasteiger partial charge in [-0.1, -0.05) is 6.92 Å². The SMILES string of the molecule is CCOC(=O)C1(NC(C)CC)CCOC1C. The van der Waals surface area contributed by atoms with Gasteiger partial charge < -0.3 is 9.47 Å². The topological polar surface area (TPSA) is 47.6 Å². The molecule has 4 heteroatoms. The molecule has 1 aliphatic rings. The summed E-state index contributed by atoms with van der Waals surface area (Å²) in [7, 11) is 0. The maximum Gasteiger partial charge on any atom is 0.329 e. The molecule has 3 atom stereocenters. The second-order valence-electron chi connectivity index (χ2n) is 4.41. The third-order valence-electron chi connectivity index (χ3n) is 3.31. The van der Waals surface area contributed by atoms with E-state index in [9.17, 15) is 4.79 Å². The van der Waals surface area contributed by atoms with Crippen LogP contribution in [0.2, 0.25) is 0 Å². The normalized spacial score (nSPS) is 31.4. The molecule has 1 heterocycles. The van der Waals surface area contributed by atoms with Crippen LogP contribution in [0.15, 0.2) is 0 Å². The van der Waals surface area contributed by atoms with Gasteiger partial charge in [-0.15, -0.1) is 0 Å². The molecule has 0 radical (unpaired) electrons. The highest BCUT2D eigenvalue weighted by atomic mass is 16.5. The van der Waals surface area contributed by atoms with E-state index in [0.717, 1.165) is 6.42 Å². The highest BCUT2D eigenvalue weighted by molar-refractivity contribution is 5.82. The number of carbonyl (C=O) groups excluding carboxylic acids is 1. The lowest BCUT2D eigenvalue weighted by molar-refractivity contribution is -0.153. The van der Waals surface area contributed by atoms with Gasteiger partial charge in [0.2, 0.25) is 0 Å². The zero-order valence-corrected chi connectivity index (χ0v) is 10.7. The Morgan fingerprint density at radius 1 is 1.62 bits per heavy atom. The zero-order chi connectivity index (χ0) is 12.2. The van der Waals surface area contributed by atoms with E-state index >= 15 is 0 Å². The van der Waals surface area contributed by atoms with Gasteiger partial charge in [0.25, 0.3) is 0 Å². The Morgan fingerprint density at radius 3 is 2.75 bits per heavy atom. The summed E-state index contributed by atoms with van der Waals surface area (Å²) in [6.07, 6.45) is 1.55. The van der Waals surface area contributed by atoms with Gasteiger partial charge in [-0.3, -0.25) is 5.32 Å². The molecule has 0 spiro atoms. The molecule has 0 aliphatic carbocycles. The molecule has 1 saturated heterocycles. The minimum absolute atomic E-state index is 0.124. The Labute approximate surface area is 97.7 Å². The number of carbonyl (C=O) groups is 1. The molecule has 1 fully saturated rings. The first kappa shape index (κ1) is 13.5. The minimum atomic E-state index is -0.647. The lowest BCUT2D eigenvalue weighted by atomic mass is 9.90. The largest absolute Gasteiger partial charge is 0.465 e. The van der Waals surface area contributed by atoms with Crippen molar-refractivity contribution in [3.8, 4) is 0 Å². The maximum absolute atomic E-state index is 12.1. The first-order valence-electron chi connectivity index (χ1n) is 6.13. The lowest BCUT2D eigenvalue weighted by Crippen LogP contribution is -2.60. The Kier molecular flexibility index (Phi) is 4.74. The Morgan fingerprint density at radius 2 is 2.31 bits per heavy atom. The number of hydrogen-bond donors (Lipinski definition) is 1. The summed E-state index contributed by atoms with van der Waals surface area (Å²) in [5.41, 5.74) is -0.647. The van der Waals surface area contributed by atoms with Crippen LogP contribution in [0.5, 0.6) is 0 Å². The fraction of sp³-hybridized carbons (Fsp3) is 0.917. The second kappa shape index (κ2) is 5.64. The summed E-state index contributed by atoms with van der Waals surface area (Å²) < 4.78 is 10.7. The smallest absolute Gasteiger partial charge is 0.329 e. The van der Waals surface area contributed by atoms with E-state index in [2.05, 4.69) is 19.2 Å². The van der Waals surface area contributed by atoms with Crippen LogP contribution in [0.1, 0.15) is 40.5 Å². The van der Waals surface area contributed by atoms with Crippen LogP contribution in [0, 0.1) is 0 Å². The van der Waals surface area contributed by atoms with E-state index in [1.54, 1.807) is 0 Å². The minimum Gasteiger partial charge on any atom is -0.465 e. The predicted molar refractivity (Wildman–Crippen MR) is 62.3 cm³/mol. The molecular weight excluding hydrogens is 206 g/mol. The summed E-state index contributed by atoms with van der Waals surface area (Å²) in [6, 6.07) is 0.286. The second-order valence-corrected chi connectivity index (χ2v) is 4.41. The van der Waals surface area contributed by atoms with Crippen LogP contribution in [0.25, 0.3) is 0 Å². The van der Waals surface area contributed by atoms with Crippen LogP contribution >= 0.6 is 0 Å². The predicted octanol–water partition coefficient (Wildman–Crippen LogP) is 1.49. The van der Waals surface area contributed by atoms with Crippen LogP contribution < -0.4 is 5.32 Å². The molecule has 1 N–H and O–H groups in total. The van der Waals surface area contributed by atoms with Gasteiger partial charge in [-0.25, -0.2) is 4.79 Å². The molecule has 3 unspecified atom stereocenters. The lowest BCUT2D eigenvalue weighted by Gasteiger charge is -2.33. The summed E-state index contributed by atoms with van der Waals surface area (Å²) in [5, 5.41) is 3.38. The summed E-state index contributed by atoms with van der Waals surface area (Å²) in [5.74, 6) is -0.180. The molecule has 0 aromatic carbocycles. The molecular formula is C12H23NO3. The van der Waals surface area contributed by atoms with Crippen LogP contribution in [0.4, 0.5) is 0 Å². The van der Waals surface area contributed by atoms with Crippen molar-refractivity contribution in [2.45, 2.75) is 58.2 Å². The van der Waals surface area contributed by atoms with Crippen molar-refractivity contribution in [2.24, 2.45) is 0 Å². The number of esters is 1. The molecule has 0 saturated carbocycles. The van der Waals surface area contributed by atoms with Crippen molar-refractivity contribution < 1.29 is 14.3 Å². The quantitative estimate of drug-likeness (QED) is 0.725. The molecule has 0 aromatic heterocycles. The van der Waals surface area contributed by atoms with Crippen molar-refractivity contribution in [1.82, 2.24) is 5.32 Å². The van der Waals surface area contributed by atoms with Crippen LogP contribution in [-0.2, 0) is 14.3 Å². The van der Waals surface area contributed by atoms with Crippen molar-refractivity contribution in [1.29, 1.82) is 0 Å². The monoisotopic (exact) mass is 229 g/mol. The molecule has 94 valence electrons. The van der Waals surface area contributed by atoms with Gasteiger partial charge in [-0.05, 0) is 27.2 Å². The average molecular weight is 229 g/mol. The summed E-state index contributed by atoms with van der Waals surface area (Å²) >= 11 is 0.